The Morgan fingerprint density at radius 2 is 1.96 bits per heavy atom. The van der Waals surface area contributed by atoms with E-state index in [2.05, 4.69) is 0 Å². The van der Waals surface area contributed by atoms with Gasteiger partial charge in [-0.1, -0.05) is 0 Å². The lowest BCUT2D eigenvalue weighted by Gasteiger charge is -2.15. The minimum atomic E-state index is -1.34. The highest BCUT2D eigenvalue weighted by atomic mass is 16.7. The maximum Gasteiger partial charge on any atom is 0.341 e. The van der Waals surface area contributed by atoms with E-state index in [1.54, 1.807) is 30.3 Å². The Hall–Kier alpha value is -3.83. The van der Waals surface area contributed by atoms with E-state index in [1.807, 2.05) is 6.07 Å². The van der Waals surface area contributed by atoms with Gasteiger partial charge in [0.2, 0.25) is 5.43 Å². The molecule has 0 bridgehead atoms. The molecule has 0 radical (unpaired) electrons. The Kier molecular flexibility index (Phi) is 5.29. The summed E-state index contributed by atoms with van der Waals surface area (Å²) in [6.07, 6.45) is 1.23. The SMILES string of the molecule is COCOc1ccc2c(=O)c(C(=O)O)cn(-c3cc(C#N)cc(OC)c3)c2c1. The fourth-order valence-corrected chi connectivity index (χ4v) is 2.79. The summed E-state index contributed by atoms with van der Waals surface area (Å²) in [7, 11) is 2.94. The summed E-state index contributed by atoms with van der Waals surface area (Å²) in [5.41, 5.74) is 0.206. The Morgan fingerprint density at radius 3 is 2.61 bits per heavy atom. The van der Waals surface area contributed by atoms with Crippen LogP contribution >= 0.6 is 0 Å². The molecule has 0 aliphatic heterocycles. The average Bonchev–Trinajstić information content (AvgIpc) is 2.71. The third kappa shape index (κ3) is 3.51. The monoisotopic (exact) mass is 380 g/mol. The number of aromatic carboxylic acids is 1. The number of carbonyl (C=O) groups is 1. The van der Waals surface area contributed by atoms with Crippen LogP contribution in [0.25, 0.3) is 16.6 Å². The fraction of sp³-hybridized carbons (Fsp3) is 0.150. The molecular weight excluding hydrogens is 364 g/mol. The van der Waals surface area contributed by atoms with Gasteiger partial charge in [0.05, 0.1) is 29.9 Å². The molecule has 0 aliphatic rings. The van der Waals surface area contributed by atoms with Gasteiger partial charge in [0.1, 0.15) is 17.1 Å². The van der Waals surface area contributed by atoms with Gasteiger partial charge in [-0.3, -0.25) is 4.79 Å². The molecule has 8 heteroatoms. The molecule has 3 rings (SSSR count). The van der Waals surface area contributed by atoms with E-state index in [9.17, 15) is 20.0 Å². The summed E-state index contributed by atoms with van der Waals surface area (Å²) < 4.78 is 17.1. The number of rotatable bonds is 6. The van der Waals surface area contributed by atoms with Crippen LogP contribution in [0.1, 0.15) is 15.9 Å². The number of carboxylic acid groups (broad SMARTS) is 1. The molecule has 3 aromatic rings. The summed E-state index contributed by atoms with van der Waals surface area (Å²) in [5, 5.41) is 18.9. The van der Waals surface area contributed by atoms with Crippen LogP contribution in [0.15, 0.2) is 47.4 Å². The van der Waals surface area contributed by atoms with Crippen LogP contribution in [0.5, 0.6) is 11.5 Å². The van der Waals surface area contributed by atoms with Crippen LogP contribution in [0, 0.1) is 11.3 Å². The van der Waals surface area contributed by atoms with Crippen LogP contribution in [0.3, 0.4) is 0 Å². The molecule has 2 aromatic carbocycles. The van der Waals surface area contributed by atoms with Crippen molar-refractivity contribution >= 4 is 16.9 Å². The van der Waals surface area contributed by atoms with Gasteiger partial charge in [0.15, 0.2) is 6.79 Å². The molecule has 8 nitrogen and oxygen atoms in total. The van der Waals surface area contributed by atoms with Crippen molar-refractivity contribution in [1.29, 1.82) is 5.26 Å². The molecule has 1 N–H and O–H groups in total. The lowest BCUT2D eigenvalue weighted by Crippen LogP contribution is -2.18. The van der Waals surface area contributed by atoms with Gasteiger partial charge in [-0.05, 0) is 24.3 Å². The van der Waals surface area contributed by atoms with Crippen molar-refractivity contribution in [3.05, 3.63) is 63.9 Å². The van der Waals surface area contributed by atoms with Crippen LogP contribution in [0.4, 0.5) is 0 Å². The van der Waals surface area contributed by atoms with Gasteiger partial charge in [0.25, 0.3) is 0 Å². The third-order valence-corrected chi connectivity index (χ3v) is 4.08. The van der Waals surface area contributed by atoms with Gasteiger partial charge < -0.3 is 23.9 Å². The lowest BCUT2D eigenvalue weighted by molar-refractivity contribution is 0.0512. The molecular formula is C20H16N2O6. The van der Waals surface area contributed by atoms with Crippen LogP contribution in [-0.4, -0.2) is 36.7 Å². The highest BCUT2D eigenvalue weighted by Gasteiger charge is 2.17. The van der Waals surface area contributed by atoms with Gasteiger partial charge >= 0.3 is 5.97 Å². The number of fused-ring (bicyclic) bond motifs is 1. The maximum absolute atomic E-state index is 12.6. The number of hydrogen-bond acceptors (Lipinski definition) is 6. The van der Waals surface area contributed by atoms with Gasteiger partial charge in [-0.15, -0.1) is 0 Å². The van der Waals surface area contributed by atoms with Gasteiger partial charge in [-0.25, -0.2) is 4.79 Å². The molecule has 0 unspecified atom stereocenters. The highest BCUT2D eigenvalue weighted by Crippen LogP contribution is 2.26. The third-order valence-electron chi connectivity index (χ3n) is 4.08. The molecule has 0 saturated carbocycles. The van der Waals surface area contributed by atoms with E-state index in [1.165, 1.54) is 31.0 Å². The first-order valence-corrected chi connectivity index (χ1v) is 8.12. The predicted octanol–water partition coefficient (Wildman–Crippen LogP) is 2.55. The smallest absolute Gasteiger partial charge is 0.341 e. The number of aromatic nitrogens is 1. The number of benzene rings is 2. The topological polar surface area (TPSA) is 111 Å². The summed E-state index contributed by atoms with van der Waals surface area (Å²) in [4.78, 5) is 24.2. The number of hydrogen-bond donors (Lipinski definition) is 1. The number of carboxylic acids is 1. The first-order chi connectivity index (χ1) is 13.5. The fourth-order valence-electron chi connectivity index (χ4n) is 2.79. The van der Waals surface area contributed by atoms with E-state index >= 15 is 0 Å². The zero-order valence-corrected chi connectivity index (χ0v) is 15.1. The van der Waals surface area contributed by atoms with E-state index < -0.39 is 11.4 Å². The highest BCUT2D eigenvalue weighted by molar-refractivity contribution is 5.93. The normalized spacial score (nSPS) is 10.5. The quantitative estimate of drug-likeness (QED) is 0.654. The van der Waals surface area contributed by atoms with Crippen LogP contribution in [0.2, 0.25) is 0 Å². The second-order valence-corrected chi connectivity index (χ2v) is 5.81. The van der Waals surface area contributed by atoms with Crippen molar-refractivity contribution in [2.24, 2.45) is 0 Å². The van der Waals surface area contributed by atoms with Gasteiger partial charge in [0, 0.05) is 30.8 Å². The summed E-state index contributed by atoms with van der Waals surface area (Å²) in [5.74, 6) is -0.484. The molecule has 0 saturated heterocycles. The zero-order valence-electron chi connectivity index (χ0n) is 15.1. The first-order valence-electron chi connectivity index (χ1n) is 8.12. The van der Waals surface area contributed by atoms with Crippen molar-refractivity contribution in [3.63, 3.8) is 0 Å². The molecule has 0 spiro atoms. The summed E-state index contributed by atoms with van der Waals surface area (Å²) in [6.45, 7) is 0.0146. The predicted molar refractivity (Wildman–Crippen MR) is 100 cm³/mol. The van der Waals surface area contributed by atoms with E-state index in [-0.39, 0.29) is 17.7 Å². The van der Waals surface area contributed by atoms with E-state index in [0.717, 1.165) is 0 Å². The second-order valence-electron chi connectivity index (χ2n) is 5.81. The standard InChI is InChI=1S/C20H16N2O6/c1-26-11-28-14-3-4-16-18(8-14)22(10-17(19(16)23)20(24)25)13-5-12(9-21)6-15(7-13)27-2/h3-8,10H,11H2,1-2H3,(H,24,25). The van der Waals surface area contributed by atoms with Crippen LogP contribution in [-0.2, 0) is 4.74 Å². The van der Waals surface area contributed by atoms with Crippen molar-refractivity contribution < 1.29 is 24.1 Å². The molecule has 0 atom stereocenters. The number of pyridine rings is 1. The lowest BCUT2D eigenvalue weighted by atomic mass is 10.1. The minimum absolute atomic E-state index is 0.0146. The molecule has 142 valence electrons. The summed E-state index contributed by atoms with van der Waals surface area (Å²) in [6, 6.07) is 11.5. The Bertz CT molecular complexity index is 1160. The van der Waals surface area contributed by atoms with E-state index in [0.29, 0.717) is 28.3 Å². The molecule has 1 heterocycles. The van der Waals surface area contributed by atoms with Crippen molar-refractivity contribution in [2.45, 2.75) is 0 Å². The molecule has 28 heavy (non-hydrogen) atoms. The average molecular weight is 380 g/mol. The van der Waals surface area contributed by atoms with Crippen molar-refractivity contribution in [3.8, 4) is 23.3 Å². The molecule has 0 fully saturated rings. The first kappa shape index (κ1) is 18.9. The largest absolute Gasteiger partial charge is 0.497 e. The Balaban J connectivity index is 2.36. The van der Waals surface area contributed by atoms with Gasteiger partial charge in [-0.2, -0.15) is 5.26 Å². The Labute approximate surface area is 159 Å². The Morgan fingerprint density at radius 1 is 1.18 bits per heavy atom. The minimum Gasteiger partial charge on any atom is -0.497 e. The molecule has 1 aromatic heterocycles. The number of nitrogens with zero attached hydrogens (tertiary/aromatic N) is 2. The van der Waals surface area contributed by atoms with E-state index in [4.69, 9.17) is 14.2 Å². The molecule has 0 amide bonds. The number of methoxy groups -OCH3 is 2. The summed E-state index contributed by atoms with van der Waals surface area (Å²) >= 11 is 0. The second kappa shape index (κ2) is 7.82. The van der Waals surface area contributed by atoms with Crippen molar-refractivity contribution in [1.82, 2.24) is 4.57 Å². The number of ether oxygens (including phenoxy) is 3. The maximum atomic E-state index is 12.6. The van der Waals surface area contributed by atoms with Crippen LogP contribution < -0.4 is 14.9 Å². The molecule has 0 aliphatic carbocycles. The number of nitriles is 1. The zero-order chi connectivity index (χ0) is 20.3. The van der Waals surface area contributed by atoms with Crippen molar-refractivity contribution in [2.75, 3.05) is 21.0 Å².